The van der Waals surface area contributed by atoms with Gasteiger partial charge in [0.05, 0.1) is 49.9 Å². The van der Waals surface area contributed by atoms with Crippen LogP contribution in [0.25, 0.3) is 39.3 Å². The van der Waals surface area contributed by atoms with Gasteiger partial charge < -0.3 is 49.9 Å². The number of fused-ring (bicyclic) bond motifs is 8. The van der Waals surface area contributed by atoms with Gasteiger partial charge in [0.25, 0.3) is 0 Å². The highest BCUT2D eigenvalue weighted by Crippen LogP contribution is 2.44. The maximum absolute atomic E-state index is 14.1. The summed E-state index contributed by atoms with van der Waals surface area (Å²) in [5, 5.41) is 43.3. The van der Waals surface area contributed by atoms with Crippen LogP contribution in [0, 0.1) is 13.8 Å². The molecule has 7 atom stereocenters. The van der Waals surface area contributed by atoms with Gasteiger partial charge in [0, 0.05) is 63.7 Å². The normalized spacial score (nSPS) is 22.6. The van der Waals surface area contributed by atoms with Gasteiger partial charge in [-0.2, -0.15) is 0 Å². The van der Waals surface area contributed by atoms with Crippen LogP contribution in [0.5, 0.6) is 0 Å². The highest BCUT2D eigenvalue weighted by Gasteiger charge is 2.43. The van der Waals surface area contributed by atoms with Gasteiger partial charge in [-0.1, -0.05) is 26.5 Å². The number of thioether (sulfide) groups is 1. The maximum Gasteiger partial charge on any atom is 0.340 e. The van der Waals surface area contributed by atoms with Crippen molar-refractivity contribution in [3.8, 4) is 0 Å². The van der Waals surface area contributed by atoms with Crippen molar-refractivity contribution >= 4 is 68.9 Å². The Hall–Kier alpha value is -4.84. The maximum atomic E-state index is 14.1. The number of aliphatic hydroxyl groups is 4. The molecule has 0 aliphatic carbocycles. The van der Waals surface area contributed by atoms with E-state index in [2.05, 4.69) is 41.8 Å². The molecule has 0 spiro atoms. The number of hydrogen-bond acceptors (Lipinski definition) is 13. The molecule has 328 valence electrons. The Kier molecular flexibility index (Phi) is 14.6. The van der Waals surface area contributed by atoms with Gasteiger partial charge in [0.1, 0.15) is 29.9 Å². The van der Waals surface area contributed by atoms with Crippen molar-refractivity contribution in [1.82, 2.24) is 25.3 Å². The molecule has 3 aliphatic rings. The predicted molar refractivity (Wildman–Crippen MR) is 234 cm³/mol. The first-order valence-corrected chi connectivity index (χ1v) is 21.7. The molecule has 0 aromatic carbocycles. The largest absolute Gasteiger partial charge is 0.469 e. The standard InChI is InChI=1S/C45H57N5O10S/c1-9-25-21(3)29-17-31-23(5)27(12-13-37(53)58-7)39(49-31)28(16-36(52)46-14-11-15-61-45-43(56)42(55)41(54)35(20-51)60-45)40-38(44(57)59-8)24(6)32(50-40)19-34-26(10-2)22(4)30(48-34)18-33(25)47-29/h9,17-19,23,27,35,41-43,45,47-48,51,54-56H,1,10-16,20H2,2-8H3,(H,46,52)/t23-,27-,35+,41+,42-,43+,45-/m0/s1. The lowest BCUT2D eigenvalue weighted by atomic mass is 9.84. The molecule has 8 bridgehead atoms. The number of aryl methyl sites for hydroxylation is 3. The minimum Gasteiger partial charge on any atom is -0.469 e. The Balaban J connectivity index is 1.49. The molecule has 15 nitrogen and oxygen atoms in total. The second-order valence-corrected chi connectivity index (χ2v) is 16.9. The van der Waals surface area contributed by atoms with Gasteiger partial charge in [-0.3, -0.25) is 14.6 Å². The molecular weight excluding hydrogens is 803 g/mol. The fourth-order valence-corrected chi connectivity index (χ4v) is 9.61. The molecule has 3 aliphatic heterocycles. The van der Waals surface area contributed by atoms with E-state index in [9.17, 15) is 34.8 Å². The van der Waals surface area contributed by atoms with Gasteiger partial charge >= 0.3 is 11.9 Å². The van der Waals surface area contributed by atoms with Crippen molar-refractivity contribution in [1.29, 1.82) is 0 Å². The number of nitrogens with one attached hydrogen (secondary N) is 3. The van der Waals surface area contributed by atoms with Crippen LogP contribution in [-0.2, 0) is 41.4 Å². The third-order valence-electron chi connectivity index (χ3n) is 12.1. The number of carbonyl (C=O) groups is 3. The SMILES string of the molecule is C=Cc1c(C)c2cc3nc(c(CC(=O)NCCCS[C@@H]4O[C@H](CO)[C@@H](O)[C@H](O)[C@H]4O)c4nc(cc5[nH]c(cc1[nH]2)c(C)c5CC)C(C)=C4C(=O)OC)[C@@H](CCC(=O)OC)[C@@H]3C. The highest BCUT2D eigenvalue weighted by molar-refractivity contribution is 7.99. The van der Waals surface area contributed by atoms with Crippen molar-refractivity contribution < 1.29 is 49.0 Å². The monoisotopic (exact) mass is 859 g/mol. The molecule has 1 saturated heterocycles. The first-order valence-electron chi connectivity index (χ1n) is 20.6. The molecule has 1 fully saturated rings. The summed E-state index contributed by atoms with van der Waals surface area (Å²) in [5.41, 5.74) is 9.87. The number of nitrogens with zero attached hydrogens (tertiary/aromatic N) is 2. The van der Waals surface area contributed by atoms with Crippen LogP contribution in [0.15, 0.2) is 24.8 Å². The summed E-state index contributed by atoms with van der Waals surface area (Å²) in [7, 11) is 2.64. The average molecular weight is 860 g/mol. The van der Waals surface area contributed by atoms with E-state index < -0.39 is 42.4 Å². The van der Waals surface area contributed by atoms with Crippen LogP contribution < -0.4 is 5.32 Å². The number of rotatable bonds is 14. The van der Waals surface area contributed by atoms with Gasteiger partial charge in [0.15, 0.2) is 0 Å². The van der Waals surface area contributed by atoms with Crippen LogP contribution in [0.1, 0.15) is 102 Å². The fraction of sp³-hybridized carbons (Fsp3) is 0.489. The van der Waals surface area contributed by atoms with E-state index in [4.69, 9.17) is 24.2 Å². The van der Waals surface area contributed by atoms with Crippen molar-refractivity contribution in [2.75, 3.05) is 33.1 Å². The lowest BCUT2D eigenvalue weighted by Crippen LogP contribution is -2.57. The average Bonchev–Trinajstić information content (AvgIpc) is 3.93. The van der Waals surface area contributed by atoms with E-state index in [1.165, 1.54) is 26.0 Å². The Morgan fingerprint density at radius 3 is 2.34 bits per heavy atom. The fourth-order valence-electron chi connectivity index (χ4n) is 8.49. The molecule has 3 aromatic heterocycles. The zero-order valence-corrected chi connectivity index (χ0v) is 36.6. The first-order chi connectivity index (χ1) is 29.2. The van der Waals surface area contributed by atoms with E-state index in [1.807, 2.05) is 32.1 Å². The van der Waals surface area contributed by atoms with Gasteiger partial charge in [-0.25, -0.2) is 9.78 Å². The topological polar surface area (TPSA) is 229 Å². The third-order valence-corrected chi connectivity index (χ3v) is 13.4. The summed E-state index contributed by atoms with van der Waals surface area (Å²) in [6.07, 6.45) is -2.07. The second-order valence-electron chi connectivity index (χ2n) is 15.7. The minimum atomic E-state index is -1.48. The summed E-state index contributed by atoms with van der Waals surface area (Å²) in [5.74, 6) is -1.55. The van der Waals surface area contributed by atoms with Crippen LogP contribution in [0.3, 0.4) is 0 Å². The zero-order chi connectivity index (χ0) is 44.3. The van der Waals surface area contributed by atoms with Crippen LogP contribution in [0.4, 0.5) is 0 Å². The molecule has 3 aromatic rings. The molecule has 0 saturated carbocycles. The number of hydrogen-bond donors (Lipinski definition) is 7. The van der Waals surface area contributed by atoms with Gasteiger partial charge in [-0.05, 0) is 86.2 Å². The Morgan fingerprint density at radius 1 is 0.951 bits per heavy atom. The number of aliphatic hydroxyl groups excluding tert-OH is 4. The Labute approximate surface area is 359 Å². The molecule has 1 amide bonds. The summed E-state index contributed by atoms with van der Waals surface area (Å²) in [6.45, 7) is 13.8. The third kappa shape index (κ3) is 9.20. The zero-order valence-electron chi connectivity index (χ0n) is 35.8. The quantitative estimate of drug-likeness (QED) is 0.0866. The van der Waals surface area contributed by atoms with E-state index in [0.717, 1.165) is 50.7 Å². The number of aromatic amines is 2. The smallest absolute Gasteiger partial charge is 0.340 e. The second kappa shape index (κ2) is 19.5. The molecule has 0 unspecified atom stereocenters. The summed E-state index contributed by atoms with van der Waals surface area (Å²) in [4.78, 5) is 58.0. The van der Waals surface area contributed by atoms with Crippen LogP contribution in [0.2, 0.25) is 0 Å². The first kappa shape index (κ1) is 45.7. The molecule has 6 heterocycles. The molecule has 0 radical (unpaired) electrons. The van der Waals surface area contributed by atoms with E-state index in [-0.39, 0.29) is 54.4 Å². The van der Waals surface area contributed by atoms with Crippen LogP contribution >= 0.6 is 11.8 Å². The van der Waals surface area contributed by atoms with Crippen LogP contribution in [-0.4, -0.2) is 121 Å². The predicted octanol–water partition coefficient (Wildman–Crippen LogP) is 4.66. The molecular formula is C45H57N5O10S. The molecule has 61 heavy (non-hydrogen) atoms. The van der Waals surface area contributed by atoms with E-state index >= 15 is 0 Å². The number of esters is 2. The summed E-state index contributed by atoms with van der Waals surface area (Å²) >= 11 is 1.20. The molecule has 16 heteroatoms. The lowest BCUT2D eigenvalue weighted by Gasteiger charge is -2.39. The lowest BCUT2D eigenvalue weighted by molar-refractivity contribution is -0.205. The molecule has 6 rings (SSSR count). The number of carbonyl (C=O) groups excluding carboxylic acids is 3. The number of H-pyrrole nitrogens is 2. The minimum absolute atomic E-state index is 0.0923. The van der Waals surface area contributed by atoms with Gasteiger partial charge in [0.2, 0.25) is 5.91 Å². The Morgan fingerprint density at radius 2 is 1.67 bits per heavy atom. The number of methoxy groups -OCH3 is 2. The van der Waals surface area contributed by atoms with Crippen molar-refractivity contribution in [3.05, 3.63) is 75.4 Å². The van der Waals surface area contributed by atoms with Gasteiger partial charge in [-0.15, -0.1) is 11.8 Å². The van der Waals surface area contributed by atoms with E-state index in [1.54, 1.807) is 6.92 Å². The Bertz CT molecular complexity index is 2390. The van der Waals surface area contributed by atoms with Crippen molar-refractivity contribution in [2.45, 2.75) is 108 Å². The molecule has 7 N–H and O–H groups in total. The van der Waals surface area contributed by atoms with Crippen molar-refractivity contribution in [2.24, 2.45) is 0 Å². The number of allylic oxidation sites excluding steroid dienone is 1. The number of ether oxygens (including phenoxy) is 3. The number of amides is 1. The summed E-state index contributed by atoms with van der Waals surface area (Å²) < 4.78 is 16.0. The number of aromatic nitrogens is 4. The van der Waals surface area contributed by atoms with E-state index in [0.29, 0.717) is 46.8 Å². The van der Waals surface area contributed by atoms with Crippen molar-refractivity contribution in [3.63, 3.8) is 0 Å². The summed E-state index contributed by atoms with van der Waals surface area (Å²) in [6, 6.07) is 5.99. The highest BCUT2D eigenvalue weighted by atomic mass is 32.2.